The van der Waals surface area contributed by atoms with Gasteiger partial charge >= 0.3 is 0 Å². The molecular formula is C17H23N3O2. The van der Waals surface area contributed by atoms with Crippen LogP contribution in [0, 0.1) is 6.92 Å². The van der Waals surface area contributed by atoms with Crippen LogP contribution in [-0.4, -0.2) is 37.8 Å². The molecule has 0 atom stereocenters. The van der Waals surface area contributed by atoms with Gasteiger partial charge in [0, 0.05) is 25.8 Å². The van der Waals surface area contributed by atoms with E-state index >= 15 is 0 Å². The fourth-order valence-corrected chi connectivity index (χ4v) is 2.35. The van der Waals surface area contributed by atoms with Gasteiger partial charge in [0.25, 0.3) is 5.91 Å². The fourth-order valence-electron chi connectivity index (χ4n) is 2.35. The molecule has 1 aromatic heterocycles. The molecule has 0 spiro atoms. The topological polar surface area (TPSA) is 58.4 Å². The predicted octanol–water partition coefficient (Wildman–Crippen LogP) is 2.14. The molecule has 0 unspecified atom stereocenters. The summed E-state index contributed by atoms with van der Waals surface area (Å²) in [5.74, 6) is -0.114. The zero-order chi connectivity index (χ0) is 16.3. The number of aryl methyl sites for hydroxylation is 1. The van der Waals surface area contributed by atoms with Gasteiger partial charge in [0.1, 0.15) is 0 Å². The molecule has 0 aliphatic carbocycles. The summed E-state index contributed by atoms with van der Waals surface area (Å²) in [6, 6.07) is 9.77. The van der Waals surface area contributed by atoms with E-state index in [0.29, 0.717) is 12.1 Å². The van der Waals surface area contributed by atoms with Crippen molar-refractivity contribution >= 4 is 5.91 Å². The van der Waals surface area contributed by atoms with Crippen molar-refractivity contribution in [3.05, 3.63) is 53.3 Å². The average molecular weight is 301 g/mol. The van der Waals surface area contributed by atoms with Gasteiger partial charge in [-0.15, -0.1) is 0 Å². The second-order valence-corrected chi connectivity index (χ2v) is 6.23. The predicted molar refractivity (Wildman–Crippen MR) is 85.4 cm³/mol. The molecule has 2 aromatic rings. The monoisotopic (exact) mass is 301 g/mol. The van der Waals surface area contributed by atoms with E-state index in [1.165, 1.54) is 0 Å². The maximum atomic E-state index is 12.8. The average Bonchev–Trinajstić information content (AvgIpc) is 2.77. The van der Waals surface area contributed by atoms with Crippen LogP contribution in [0.1, 0.15) is 35.5 Å². The van der Waals surface area contributed by atoms with E-state index in [-0.39, 0.29) is 12.5 Å². The first kappa shape index (κ1) is 16.2. The molecule has 0 aliphatic heterocycles. The lowest BCUT2D eigenvalue weighted by Gasteiger charge is -2.29. The SMILES string of the molecule is Cc1c(C(=O)N(Cc2ccccc2)CC(C)(C)O)cnn1C. The van der Waals surface area contributed by atoms with Gasteiger partial charge in [-0.05, 0) is 26.3 Å². The summed E-state index contributed by atoms with van der Waals surface area (Å²) in [6.07, 6.45) is 1.58. The van der Waals surface area contributed by atoms with Crippen molar-refractivity contribution in [2.24, 2.45) is 7.05 Å². The number of hydrogen-bond acceptors (Lipinski definition) is 3. The highest BCUT2D eigenvalue weighted by molar-refractivity contribution is 5.95. The highest BCUT2D eigenvalue weighted by Gasteiger charge is 2.25. The summed E-state index contributed by atoms with van der Waals surface area (Å²) in [5, 5.41) is 14.3. The lowest BCUT2D eigenvalue weighted by atomic mass is 10.1. The Morgan fingerprint density at radius 1 is 1.32 bits per heavy atom. The minimum absolute atomic E-state index is 0.114. The quantitative estimate of drug-likeness (QED) is 0.920. The number of amides is 1. The van der Waals surface area contributed by atoms with Gasteiger partial charge in [0.15, 0.2) is 0 Å². The molecule has 1 aromatic carbocycles. The van der Waals surface area contributed by atoms with E-state index in [2.05, 4.69) is 5.10 Å². The maximum Gasteiger partial charge on any atom is 0.257 e. The summed E-state index contributed by atoms with van der Waals surface area (Å²) in [7, 11) is 1.81. The lowest BCUT2D eigenvalue weighted by molar-refractivity contribution is 0.0279. The van der Waals surface area contributed by atoms with Crippen molar-refractivity contribution in [1.29, 1.82) is 0 Å². The third-order valence-electron chi connectivity index (χ3n) is 3.55. The van der Waals surface area contributed by atoms with Gasteiger partial charge in [-0.3, -0.25) is 9.48 Å². The Labute approximate surface area is 131 Å². The number of carbonyl (C=O) groups is 1. The van der Waals surface area contributed by atoms with Crippen LogP contribution in [0.25, 0.3) is 0 Å². The van der Waals surface area contributed by atoms with Crippen LogP contribution in [-0.2, 0) is 13.6 Å². The van der Waals surface area contributed by atoms with Crippen molar-refractivity contribution in [3.63, 3.8) is 0 Å². The number of benzene rings is 1. The third kappa shape index (κ3) is 3.95. The zero-order valence-corrected chi connectivity index (χ0v) is 13.6. The van der Waals surface area contributed by atoms with E-state index in [1.807, 2.05) is 44.3 Å². The van der Waals surface area contributed by atoms with Crippen molar-refractivity contribution in [2.45, 2.75) is 32.9 Å². The van der Waals surface area contributed by atoms with Crippen LogP contribution in [0.15, 0.2) is 36.5 Å². The molecule has 5 nitrogen and oxygen atoms in total. The van der Waals surface area contributed by atoms with Crippen molar-refractivity contribution in [2.75, 3.05) is 6.54 Å². The number of aliphatic hydroxyl groups is 1. The van der Waals surface area contributed by atoms with Crippen LogP contribution < -0.4 is 0 Å². The van der Waals surface area contributed by atoms with Gasteiger partial charge in [-0.2, -0.15) is 5.10 Å². The largest absolute Gasteiger partial charge is 0.389 e. The Hall–Kier alpha value is -2.14. The standard InChI is InChI=1S/C17H23N3O2/c1-13-15(10-18-19(13)4)16(21)20(12-17(2,3)22)11-14-8-6-5-7-9-14/h5-10,22H,11-12H2,1-4H3. The molecule has 22 heavy (non-hydrogen) atoms. The molecular weight excluding hydrogens is 278 g/mol. The maximum absolute atomic E-state index is 12.8. The van der Waals surface area contributed by atoms with E-state index in [9.17, 15) is 9.90 Å². The molecule has 0 radical (unpaired) electrons. The van der Waals surface area contributed by atoms with Gasteiger partial charge in [-0.1, -0.05) is 30.3 Å². The van der Waals surface area contributed by atoms with E-state index in [4.69, 9.17) is 0 Å². The minimum atomic E-state index is -0.958. The first-order chi connectivity index (χ1) is 10.3. The van der Waals surface area contributed by atoms with Crippen molar-refractivity contribution in [1.82, 2.24) is 14.7 Å². The smallest absolute Gasteiger partial charge is 0.257 e. The third-order valence-corrected chi connectivity index (χ3v) is 3.55. The van der Waals surface area contributed by atoms with Gasteiger partial charge in [-0.25, -0.2) is 0 Å². The molecule has 1 N–H and O–H groups in total. The van der Waals surface area contributed by atoms with Crippen LogP contribution in [0.4, 0.5) is 0 Å². The van der Waals surface area contributed by atoms with Crippen LogP contribution in [0.3, 0.4) is 0 Å². The van der Waals surface area contributed by atoms with Crippen LogP contribution in [0.5, 0.6) is 0 Å². The Kier molecular flexibility index (Phi) is 4.66. The summed E-state index contributed by atoms with van der Waals surface area (Å²) in [5.41, 5.74) is 1.46. The molecule has 1 heterocycles. The number of aromatic nitrogens is 2. The first-order valence-electron chi connectivity index (χ1n) is 7.32. The number of nitrogens with zero attached hydrogens (tertiary/aromatic N) is 3. The second kappa shape index (κ2) is 6.32. The molecule has 118 valence electrons. The van der Waals surface area contributed by atoms with Crippen LogP contribution in [0.2, 0.25) is 0 Å². The molecule has 0 aliphatic rings. The van der Waals surface area contributed by atoms with E-state index in [0.717, 1.165) is 11.3 Å². The molecule has 2 rings (SSSR count). The minimum Gasteiger partial charge on any atom is -0.389 e. The number of carbonyl (C=O) groups excluding carboxylic acids is 1. The van der Waals surface area contributed by atoms with Crippen molar-refractivity contribution < 1.29 is 9.90 Å². The highest BCUT2D eigenvalue weighted by Crippen LogP contribution is 2.16. The lowest BCUT2D eigenvalue weighted by Crippen LogP contribution is -2.42. The Morgan fingerprint density at radius 2 is 1.95 bits per heavy atom. The molecule has 0 saturated heterocycles. The highest BCUT2D eigenvalue weighted by atomic mass is 16.3. The molecule has 5 heteroatoms. The van der Waals surface area contributed by atoms with Gasteiger partial charge < -0.3 is 10.0 Å². The first-order valence-corrected chi connectivity index (χ1v) is 7.32. The second-order valence-electron chi connectivity index (χ2n) is 6.23. The molecule has 1 amide bonds. The number of rotatable bonds is 5. The normalized spacial score (nSPS) is 11.5. The Bertz CT molecular complexity index is 642. The van der Waals surface area contributed by atoms with Gasteiger partial charge in [0.05, 0.1) is 17.4 Å². The fraction of sp³-hybridized carbons (Fsp3) is 0.412. The summed E-state index contributed by atoms with van der Waals surface area (Å²) in [4.78, 5) is 14.5. The molecule has 0 bridgehead atoms. The van der Waals surface area contributed by atoms with Crippen molar-refractivity contribution in [3.8, 4) is 0 Å². The summed E-state index contributed by atoms with van der Waals surface area (Å²) in [6.45, 7) is 5.99. The Morgan fingerprint density at radius 3 is 2.45 bits per heavy atom. The number of hydrogen-bond donors (Lipinski definition) is 1. The molecule has 0 saturated carbocycles. The zero-order valence-electron chi connectivity index (χ0n) is 13.6. The summed E-state index contributed by atoms with van der Waals surface area (Å²) >= 11 is 0. The van der Waals surface area contributed by atoms with Gasteiger partial charge in [0.2, 0.25) is 0 Å². The van der Waals surface area contributed by atoms with E-state index < -0.39 is 5.60 Å². The summed E-state index contributed by atoms with van der Waals surface area (Å²) < 4.78 is 1.68. The molecule has 0 fully saturated rings. The Balaban J connectivity index is 2.27. The van der Waals surface area contributed by atoms with E-state index in [1.54, 1.807) is 29.6 Å². The van der Waals surface area contributed by atoms with Crippen LogP contribution >= 0.6 is 0 Å².